The van der Waals surface area contributed by atoms with Crippen molar-refractivity contribution in [3.8, 4) is 11.4 Å². The second-order valence-electron chi connectivity index (χ2n) is 5.52. The summed E-state index contributed by atoms with van der Waals surface area (Å²) in [4.78, 5) is 18.1. The Hall–Kier alpha value is -1.89. The van der Waals surface area contributed by atoms with Crippen molar-refractivity contribution in [1.29, 1.82) is 0 Å². The summed E-state index contributed by atoms with van der Waals surface area (Å²) in [6.07, 6.45) is 5.55. The Balaban J connectivity index is 1.69. The molecule has 3 rings (SSSR count). The molecule has 0 aliphatic carbocycles. The number of rotatable bonds is 4. The molecule has 0 saturated carbocycles. The number of piperidine rings is 1. The van der Waals surface area contributed by atoms with E-state index in [9.17, 15) is 4.79 Å². The van der Waals surface area contributed by atoms with Crippen molar-refractivity contribution in [3.63, 3.8) is 0 Å². The lowest BCUT2D eigenvalue weighted by atomic mass is 10.00. The SMILES string of the molecule is CN1CCC[C@@H](CSc2nnc(-c3cccnc3)n2C)C1=O. The van der Waals surface area contributed by atoms with E-state index in [1.54, 1.807) is 24.2 Å². The molecule has 22 heavy (non-hydrogen) atoms. The van der Waals surface area contributed by atoms with E-state index in [-0.39, 0.29) is 11.8 Å². The number of pyridine rings is 1. The molecule has 1 aliphatic rings. The number of aromatic nitrogens is 4. The van der Waals surface area contributed by atoms with E-state index < -0.39 is 0 Å². The molecule has 3 heterocycles. The fourth-order valence-electron chi connectivity index (χ4n) is 2.64. The van der Waals surface area contributed by atoms with Crippen LogP contribution in [0.4, 0.5) is 0 Å². The first kappa shape index (κ1) is 15.0. The van der Waals surface area contributed by atoms with E-state index in [4.69, 9.17) is 0 Å². The molecule has 0 radical (unpaired) electrons. The summed E-state index contributed by atoms with van der Waals surface area (Å²) in [6, 6.07) is 3.85. The van der Waals surface area contributed by atoms with Gasteiger partial charge in [0.15, 0.2) is 11.0 Å². The highest BCUT2D eigenvalue weighted by atomic mass is 32.2. The third-order valence-electron chi connectivity index (χ3n) is 3.94. The predicted molar refractivity (Wildman–Crippen MR) is 85.3 cm³/mol. The molecular weight excluding hydrogens is 298 g/mol. The van der Waals surface area contributed by atoms with Crippen LogP contribution in [-0.2, 0) is 11.8 Å². The first-order chi connectivity index (χ1) is 10.7. The number of hydrogen-bond acceptors (Lipinski definition) is 5. The van der Waals surface area contributed by atoms with Gasteiger partial charge in [-0.15, -0.1) is 10.2 Å². The lowest BCUT2D eigenvalue weighted by Gasteiger charge is -2.28. The van der Waals surface area contributed by atoms with Crippen molar-refractivity contribution in [2.45, 2.75) is 18.0 Å². The second-order valence-corrected chi connectivity index (χ2v) is 6.50. The van der Waals surface area contributed by atoms with Crippen molar-refractivity contribution in [3.05, 3.63) is 24.5 Å². The molecular formula is C15H19N5OS. The molecule has 2 aromatic rings. The van der Waals surface area contributed by atoms with Gasteiger partial charge in [0.05, 0.1) is 0 Å². The van der Waals surface area contributed by atoms with Crippen molar-refractivity contribution >= 4 is 17.7 Å². The zero-order chi connectivity index (χ0) is 15.5. The third-order valence-corrected chi connectivity index (χ3v) is 5.12. The van der Waals surface area contributed by atoms with E-state index in [2.05, 4.69) is 15.2 Å². The summed E-state index contributed by atoms with van der Waals surface area (Å²) in [7, 11) is 3.82. The van der Waals surface area contributed by atoms with E-state index in [1.807, 2.05) is 35.7 Å². The average Bonchev–Trinajstić information content (AvgIpc) is 2.91. The maximum Gasteiger partial charge on any atom is 0.226 e. The van der Waals surface area contributed by atoms with Crippen molar-refractivity contribution in [1.82, 2.24) is 24.6 Å². The highest BCUT2D eigenvalue weighted by Gasteiger charge is 2.27. The van der Waals surface area contributed by atoms with E-state index >= 15 is 0 Å². The lowest BCUT2D eigenvalue weighted by Crippen LogP contribution is -2.39. The highest BCUT2D eigenvalue weighted by Crippen LogP contribution is 2.27. The minimum absolute atomic E-state index is 0.0855. The number of carbonyl (C=O) groups excluding carboxylic acids is 1. The van der Waals surface area contributed by atoms with Crippen LogP contribution in [0.2, 0.25) is 0 Å². The van der Waals surface area contributed by atoms with Gasteiger partial charge >= 0.3 is 0 Å². The quantitative estimate of drug-likeness (QED) is 0.805. The number of thioether (sulfide) groups is 1. The second kappa shape index (κ2) is 6.48. The standard InChI is InChI=1S/C15H19N5OS/c1-19-8-4-6-12(14(19)21)10-22-15-18-17-13(20(15)2)11-5-3-7-16-9-11/h3,5,7,9,12H,4,6,8,10H2,1-2H3/t12-/m0/s1. The van der Waals surface area contributed by atoms with Gasteiger partial charge in [-0.2, -0.15) is 0 Å². The van der Waals surface area contributed by atoms with E-state index in [0.29, 0.717) is 0 Å². The molecule has 1 saturated heterocycles. The van der Waals surface area contributed by atoms with Crippen LogP contribution in [0.5, 0.6) is 0 Å². The molecule has 0 unspecified atom stereocenters. The number of carbonyl (C=O) groups is 1. The van der Waals surface area contributed by atoms with E-state index in [0.717, 1.165) is 41.7 Å². The van der Waals surface area contributed by atoms with Crippen molar-refractivity contribution in [2.75, 3.05) is 19.3 Å². The first-order valence-electron chi connectivity index (χ1n) is 7.34. The Morgan fingerprint density at radius 2 is 2.23 bits per heavy atom. The molecule has 2 aromatic heterocycles. The van der Waals surface area contributed by atoms with Gasteiger partial charge < -0.3 is 9.47 Å². The molecule has 1 fully saturated rings. The molecule has 0 spiro atoms. The molecule has 6 nitrogen and oxygen atoms in total. The van der Waals surface area contributed by atoms with Crippen LogP contribution in [0.3, 0.4) is 0 Å². The van der Waals surface area contributed by atoms with Gasteiger partial charge in [0, 0.05) is 50.3 Å². The van der Waals surface area contributed by atoms with Gasteiger partial charge in [0.1, 0.15) is 0 Å². The van der Waals surface area contributed by atoms with Gasteiger partial charge in [0.25, 0.3) is 0 Å². The van der Waals surface area contributed by atoms with Gasteiger partial charge in [0.2, 0.25) is 5.91 Å². The topological polar surface area (TPSA) is 63.9 Å². The number of likely N-dealkylation sites (tertiary alicyclic amines) is 1. The Kier molecular flexibility index (Phi) is 4.42. The molecule has 1 aliphatic heterocycles. The van der Waals surface area contributed by atoms with Crippen LogP contribution in [0.15, 0.2) is 29.7 Å². The Morgan fingerprint density at radius 3 is 3.00 bits per heavy atom. The number of amides is 1. The summed E-state index contributed by atoms with van der Waals surface area (Å²) >= 11 is 1.60. The van der Waals surface area contributed by atoms with Gasteiger partial charge in [-0.3, -0.25) is 9.78 Å². The number of hydrogen-bond donors (Lipinski definition) is 0. The summed E-state index contributed by atoms with van der Waals surface area (Å²) in [6.45, 7) is 0.870. The fourth-order valence-corrected chi connectivity index (χ4v) is 3.68. The molecule has 1 atom stereocenters. The van der Waals surface area contributed by atoms with Crippen LogP contribution < -0.4 is 0 Å². The normalized spacial score (nSPS) is 18.7. The minimum atomic E-state index is 0.0855. The zero-order valence-corrected chi connectivity index (χ0v) is 13.6. The maximum absolute atomic E-state index is 12.1. The Bertz CT molecular complexity index is 657. The van der Waals surface area contributed by atoms with Gasteiger partial charge in [-0.05, 0) is 25.0 Å². The predicted octanol–water partition coefficient (Wildman–Crippen LogP) is 1.84. The minimum Gasteiger partial charge on any atom is -0.345 e. The lowest BCUT2D eigenvalue weighted by molar-refractivity contribution is -0.135. The van der Waals surface area contributed by atoms with Crippen LogP contribution in [0.1, 0.15) is 12.8 Å². The molecule has 0 N–H and O–H groups in total. The number of nitrogens with zero attached hydrogens (tertiary/aromatic N) is 5. The summed E-state index contributed by atoms with van der Waals surface area (Å²) < 4.78 is 1.96. The maximum atomic E-state index is 12.1. The summed E-state index contributed by atoms with van der Waals surface area (Å²) in [5.74, 6) is 1.88. The van der Waals surface area contributed by atoms with E-state index in [1.165, 1.54) is 0 Å². The molecule has 116 valence electrons. The zero-order valence-electron chi connectivity index (χ0n) is 12.8. The molecule has 7 heteroatoms. The average molecular weight is 317 g/mol. The highest BCUT2D eigenvalue weighted by molar-refractivity contribution is 7.99. The van der Waals surface area contributed by atoms with Crippen LogP contribution in [-0.4, -0.2) is 49.9 Å². The Morgan fingerprint density at radius 1 is 1.36 bits per heavy atom. The first-order valence-corrected chi connectivity index (χ1v) is 8.33. The smallest absolute Gasteiger partial charge is 0.226 e. The van der Waals surface area contributed by atoms with Gasteiger partial charge in [-0.1, -0.05) is 11.8 Å². The van der Waals surface area contributed by atoms with Gasteiger partial charge in [-0.25, -0.2) is 0 Å². The monoisotopic (exact) mass is 317 g/mol. The largest absolute Gasteiger partial charge is 0.345 e. The van der Waals surface area contributed by atoms with Crippen molar-refractivity contribution < 1.29 is 4.79 Å². The fraction of sp³-hybridized carbons (Fsp3) is 0.467. The van der Waals surface area contributed by atoms with Crippen LogP contribution in [0.25, 0.3) is 11.4 Å². The third kappa shape index (κ3) is 2.99. The summed E-state index contributed by atoms with van der Waals surface area (Å²) in [5, 5.41) is 9.32. The van der Waals surface area contributed by atoms with Crippen molar-refractivity contribution in [2.24, 2.45) is 13.0 Å². The molecule has 0 bridgehead atoms. The molecule has 0 aromatic carbocycles. The van der Waals surface area contributed by atoms with Crippen LogP contribution in [0, 0.1) is 5.92 Å². The summed E-state index contributed by atoms with van der Waals surface area (Å²) in [5.41, 5.74) is 0.942. The molecule has 1 amide bonds. The Labute approximate surface area is 133 Å². The van der Waals surface area contributed by atoms with Crippen LogP contribution >= 0.6 is 11.8 Å².